The normalized spacial score (nSPS) is 24.7. The molecule has 0 aromatic heterocycles. The Morgan fingerprint density at radius 1 is 0.773 bits per heavy atom. The van der Waals surface area contributed by atoms with Crippen molar-refractivity contribution in [3.05, 3.63) is 71.8 Å². The Morgan fingerprint density at radius 3 is 1.77 bits per heavy atom. The number of esters is 3. The summed E-state index contributed by atoms with van der Waals surface area (Å²) in [5.41, 5.74) is -1.09. The molecule has 1 saturated heterocycles. The summed E-state index contributed by atoms with van der Waals surface area (Å²) in [6, 6.07) is 18.9. The van der Waals surface area contributed by atoms with Crippen molar-refractivity contribution in [2.75, 3.05) is 19.8 Å². The van der Waals surface area contributed by atoms with Crippen molar-refractivity contribution in [1.82, 2.24) is 5.06 Å². The monoisotopic (exact) mass is 607 g/mol. The van der Waals surface area contributed by atoms with Crippen LogP contribution >= 0.6 is 0 Å². The van der Waals surface area contributed by atoms with Gasteiger partial charge in [-0.1, -0.05) is 60.7 Å². The Kier molecular flexibility index (Phi) is 10.6. The largest absolute Gasteiger partial charge is 0.466 e. The molecule has 2 aromatic rings. The smallest absolute Gasteiger partial charge is 0.324 e. The molecule has 240 valence electrons. The lowest BCUT2D eigenvalue weighted by Crippen LogP contribution is -2.59. The number of ether oxygens (including phenoxy) is 3. The Morgan fingerprint density at radius 2 is 1.27 bits per heavy atom. The summed E-state index contributed by atoms with van der Waals surface area (Å²) < 4.78 is 17.1. The predicted molar refractivity (Wildman–Crippen MR) is 167 cm³/mol. The lowest BCUT2D eigenvalue weighted by molar-refractivity contribution is -0.319. The van der Waals surface area contributed by atoms with Gasteiger partial charge in [0.15, 0.2) is 5.41 Å². The van der Waals surface area contributed by atoms with Crippen molar-refractivity contribution < 1.29 is 33.4 Å². The Balaban J connectivity index is 2.03. The van der Waals surface area contributed by atoms with E-state index in [4.69, 9.17) is 19.0 Å². The van der Waals surface area contributed by atoms with Crippen LogP contribution in [0.3, 0.4) is 0 Å². The average Bonchev–Trinajstić information content (AvgIpc) is 3.35. The standard InChI is InChI=1S/C36H49NO7/c1-8-41-31(38)27-24-28(30(26-20-15-12-16-21-26)44-37-34(4,5)22-17-23-35(37,6)7)36(32(39)42-9-2,33(40)43-10-3)29(27)25-18-13-11-14-19-25/h11-16,18-21,27-30H,8-10,17,22-24H2,1-7H3/t27-,28-,29-,30+/m1/s1. The van der Waals surface area contributed by atoms with E-state index in [-0.39, 0.29) is 37.3 Å². The summed E-state index contributed by atoms with van der Waals surface area (Å²) in [6.07, 6.45) is 2.26. The summed E-state index contributed by atoms with van der Waals surface area (Å²) in [4.78, 5) is 50.0. The number of carbonyl (C=O) groups is 3. The van der Waals surface area contributed by atoms with E-state index in [1.807, 2.05) is 60.7 Å². The van der Waals surface area contributed by atoms with E-state index in [0.29, 0.717) is 5.56 Å². The molecule has 1 heterocycles. The first kappa shape index (κ1) is 33.7. The molecule has 8 nitrogen and oxygen atoms in total. The van der Waals surface area contributed by atoms with E-state index >= 15 is 0 Å². The molecule has 4 rings (SSSR count). The molecule has 0 spiro atoms. The highest BCUT2D eigenvalue weighted by atomic mass is 16.7. The molecule has 0 N–H and O–H groups in total. The number of carbonyl (C=O) groups excluding carboxylic acids is 3. The van der Waals surface area contributed by atoms with E-state index in [0.717, 1.165) is 24.8 Å². The Hall–Kier alpha value is -3.23. The van der Waals surface area contributed by atoms with Gasteiger partial charge < -0.3 is 14.2 Å². The fourth-order valence-corrected chi connectivity index (χ4v) is 7.67. The summed E-state index contributed by atoms with van der Waals surface area (Å²) in [5, 5.41) is 2.05. The maximum atomic E-state index is 14.5. The molecule has 44 heavy (non-hydrogen) atoms. The Labute approximate surface area is 262 Å². The molecule has 0 bridgehead atoms. The van der Waals surface area contributed by atoms with Crippen molar-refractivity contribution in [3.8, 4) is 0 Å². The summed E-state index contributed by atoms with van der Waals surface area (Å²) in [6.45, 7) is 14.1. The zero-order valence-corrected chi connectivity index (χ0v) is 27.3. The fraction of sp³-hybridized carbons (Fsp3) is 0.583. The molecule has 8 heteroatoms. The second-order valence-corrected chi connectivity index (χ2v) is 13.1. The highest BCUT2D eigenvalue weighted by Gasteiger charge is 2.70. The van der Waals surface area contributed by atoms with Crippen LogP contribution in [0.2, 0.25) is 0 Å². The van der Waals surface area contributed by atoms with Crippen LogP contribution in [0.5, 0.6) is 0 Å². The maximum Gasteiger partial charge on any atom is 0.324 e. The first-order valence-corrected chi connectivity index (χ1v) is 16.0. The minimum absolute atomic E-state index is 0.0569. The van der Waals surface area contributed by atoms with Crippen LogP contribution in [0.1, 0.15) is 97.3 Å². The van der Waals surface area contributed by atoms with Gasteiger partial charge in [-0.15, -0.1) is 0 Å². The third-order valence-electron chi connectivity index (χ3n) is 9.35. The first-order chi connectivity index (χ1) is 20.9. The number of benzene rings is 2. The number of nitrogens with zero attached hydrogens (tertiary/aromatic N) is 1. The van der Waals surface area contributed by atoms with Gasteiger partial charge in [-0.2, -0.15) is 5.06 Å². The molecule has 1 aliphatic heterocycles. The molecule has 0 unspecified atom stereocenters. The van der Waals surface area contributed by atoms with Gasteiger partial charge >= 0.3 is 17.9 Å². The third kappa shape index (κ3) is 6.29. The zero-order chi connectivity index (χ0) is 32.1. The van der Waals surface area contributed by atoms with E-state index in [1.165, 1.54) is 0 Å². The first-order valence-electron chi connectivity index (χ1n) is 16.0. The second-order valence-electron chi connectivity index (χ2n) is 13.1. The van der Waals surface area contributed by atoms with E-state index in [1.54, 1.807) is 20.8 Å². The highest BCUT2D eigenvalue weighted by Crippen LogP contribution is 2.62. The molecule has 1 saturated carbocycles. The predicted octanol–water partition coefficient (Wildman–Crippen LogP) is 6.80. The topological polar surface area (TPSA) is 91.4 Å². The van der Waals surface area contributed by atoms with E-state index in [9.17, 15) is 14.4 Å². The van der Waals surface area contributed by atoms with Crippen LogP contribution in [-0.4, -0.2) is 53.9 Å². The number of hydrogen-bond donors (Lipinski definition) is 0. The molecule has 4 atom stereocenters. The lowest BCUT2D eigenvalue weighted by atomic mass is 9.65. The number of hydroxylamine groups is 2. The fourth-order valence-electron chi connectivity index (χ4n) is 7.67. The average molecular weight is 608 g/mol. The van der Waals surface area contributed by atoms with Gasteiger partial charge in [0.1, 0.15) is 6.10 Å². The Bertz CT molecular complexity index is 1240. The molecule has 2 fully saturated rings. The molecule has 0 amide bonds. The van der Waals surface area contributed by atoms with Crippen molar-refractivity contribution in [2.45, 2.75) is 97.2 Å². The van der Waals surface area contributed by atoms with Gasteiger partial charge in [0, 0.05) is 22.9 Å². The van der Waals surface area contributed by atoms with Crippen molar-refractivity contribution >= 4 is 17.9 Å². The van der Waals surface area contributed by atoms with Gasteiger partial charge in [-0.3, -0.25) is 19.2 Å². The van der Waals surface area contributed by atoms with Crippen molar-refractivity contribution in [2.24, 2.45) is 17.3 Å². The molecule has 0 radical (unpaired) electrons. The second kappa shape index (κ2) is 13.8. The van der Waals surface area contributed by atoms with Gasteiger partial charge in [0.2, 0.25) is 0 Å². The SMILES string of the molecule is CCOC(=O)[C@@H]1C[C@H]([C@@H](ON2C(C)(C)CCCC2(C)C)c2ccccc2)C(C(=O)OCC)(C(=O)OCC)[C@@H]1c1ccccc1. The van der Waals surface area contributed by atoms with Crippen LogP contribution < -0.4 is 0 Å². The van der Waals surface area contributed by atoms with Crippen LogP contribution in [0.25, 0.3) is 0 Å². The quantitative estimate of drug-likeness (QED) is 0.157. The number of piperidine rings is 1. The van der Waals surface area contributed by atoms with Crippen LogP contribution in [-0.2, 0) is 33.4 Å². The summed E-state index contributed by atoms with van der Waals surface area (Å²) >= 11 is 0. The van der Waals surface area contributed by atoms with Gasteiger partial charge in [0.05, 0.1) is 25.7 Å². The highest BCUT2D eigenvalue weighted by molar-refractivity contribution is 6.03. The minimum atomic E-state index is -1.89. The van der Waals surface area contributed by atoms with Gasteiger partial charge in [0.25, 0.3) is 0 Å². The molecular formula is C36H49NO7. The molecule has 1 aliphatic carbocycles. The third-order valence-corrected chi connectivity index (χ3v) is 9.35. The van der Waals surface area contributed by atoms with Crippen LogP contribution in [0, 0.1) is 17.3 Å². The number of hydrogen-bond acceptors (Lipinski definition) is 8. The van der Waals surface area contributed by atoms with Gasteiger partial charge in [-0.05, 0) is 85.3 Å². The molecule has 2 aliphatic rings. The zero-order valence-electron chi connectivity index (χ0n) is 27.3. The van der Waals surface area contributed by atoms with Crippen molar-refractivity contribution in [3.63, 3.8) is 0 Å². The number of rotatable bonds is 11. The minimum Gasteiger partial charge on any atom is -0.466 e. The summed E-state index contributed by atoms with van der Waals surface area (Å²) in [5.74, 6) is -4.45. The van der Waals surface area contributed by atoms with Crippen molar-refractivity contribution in [1.29, 1.82) is 0 Å². The summed E-state index contributed by atoms with van der Waals surface area (Å²) in [7, 11) is 0. The molecular weight excluding hydrogens is 558 g/mol. The van der Waals surface area contributed by atoms with E-state index < -0.39 is 47.2 Å². The molecule has 2 aromatic carbocycles. The van der Waals surface area contributed by atoms with Gasteiger partial charge in [-0.25, -0.2) is 0 Å². The van der Waals surface area contributed by atoms with Crippen LogP contribution in [0.15, 0.2) is 60.7 Å². The lowest BCUT2D eigenvalue weighted by Gasteiger charge is -2.53. The maximum absolute atomic E-state index is 14.5. The van der Waals surface area contributed by atoms with Crippen LogP contribution in [0.4, 0.5) is 0 Å². The van der Waals surface area contributed by atoms with E-state index in [2.05, 4.69) is 32.8 Å².